The van der Waals surface area contributed by atoms with E-state index in [1.807, 2.05) is 39.8 Å². The van der Waals surface area contributed by atoms with E-state index in [1.165, 1.54) is 0 Å². The molecule has 1 rings (SSSR count). The molecule has 0 saturated heterocycles. The van der Waals surface area contributed by atoms with Gasteiger partial charge in [-0.3, -0.25) is 4.79 Å². The monoisotopic (exact) mass is 249 g/mol. The highest BCUT2D eigenvalue weighted by atomic mass is 16.5. The minimum absolute atomic E-state index is 0.0261. The van der Waals surface area contributed by atoms with Crippen molar-refractivity contribution in [3.8, 4) is 5.75 Å². The van der Waals surface area contributed by atoms with Crippen molar-refractivity contribution in [2.45, 2.75) is 46.1 Å². The predicted octanol–water partition coefficient (Wildman–Crippen LogP) is 3.01. The lowest BCUT2D eigenvalue weighted by Crippen LogP contribution is -2.47. The van der Waals surface area contributed by atoms with E-state index >= 15 is 0 Å². The Kier molecular flexibility index (Phi) is 4.52. The molecule has 18 heavy (non-hydrogen) atoms. The van der Waals surface area contributed by atoms with Crippen LogP contribution in [0.3, 0.4) is 0 Å². The summed E-state index contributed by atoms with van der Waals surface area (Å²) in [7, 11) is 1.58. The number of ketones is 1. The Morgan fingerprint density at radius 1 is 1.28 bits per heavy atom. The summed E-state index contributed by atoms with van der Waals surface area (Å²) in [4.78, 5) is 12.6. The van der Waals surface area contributed by atoms with E-state index in [0.29, 0.717) is 24.2 Å². The molecule has 0 unspecified atom stereocenters. The standard InChI is InChI=1S/C15H23NO2/c1-6-15(16,7-2)14(17)13-11(4)8-10(3)9-12(13)18-5/h8-9H,6-7,16H2,1-5H3. The predicted molar refractivity (Wildman–Crippen MR) is 74.3 cm³/mol. The minimum Gasteiger partial charge on any atom is -0.496 e. The van der Waals surface area contributed by atoms with Crippen LogP contribution in [0.2, 0.25) is 0 Å². The molecule has 0 heterocycles. The van der Waals surface area contributed by atoms with Gasteiger partial charge in [0.25, 0.3) is 0 Å². The maximum Gasteiger partial charge on any atom is 0.186 e. The molecule has 3 heteroatoms. The lowest BCUT2D eigenvalue weighted by atomic mass is 9.83. The zero-order chi connectivity index (χ0) is 13.9. The maximum atomic E-state index is 12.6. The molecule has 1 aromatic carbocycles. The number of aryl methyl sites for hydroxylation is 2. The highest BCUT2D eigenvalue weighted by Crippen LogP contribution is 2.29. The van der Waals surface area contributed by atoms with Crippen LogP contribution in [0.4, 0.5) is 0 Å². The summed E-state index contributed by atoms with van der Waals surface area (Å²) in [6.07, 6.45) is 1.25. The van der Waals surface area contributed by atoms with Crippen LogP contribution in [0.15, 0.2) is 12.1 Å². The molecule has 0 amide bonds. The van der Waals surface area contributed by atoms with Crippen molar-refractivity contribution in [3.63, 3.8) is 0 Å². The lowest BCUT2D eigenvalue weighted by Gasteiger charge is -2.26. The topological polar surface area (TPSA) is 52.3 Å². The summed E-state index contributed by atoms with van der Waals surface area (Å²) in [5.41, 5.74) is 8.02. The summed E-state index contributed by atoms with van der Waals surface area (Å²) < 4.78 is 5.34. The molecule has 100 valence electrons. The van der Waals surface area contributed by atoms with E-state index in [4.69, 9.17) is 10.5 Å². The number of carbonyl (C=O) groups is 1. The van der Waals surface area contributed by atoms with Gasteiger partial charge >= 0.3 is 0 Å². The fourth-order valence-electron chi connectivity index (χ4n) is 2.20. The minimum atomic E-state index is -0.798. The number of benzene rings is 1. The molecule has 3 nitrogen and oxygen atoms in total. The quantitative estimate of drug-likeness (QED) is 0.816. The first kappa shape index (κ1) is 14.7. The number of hydrogen-bond donors (Lipinski definition) is 1. The van der Waals surface area contributed by atoms with E-state index in [2.05, 4.69) is 0 Å². The summed E-state index contributed by atoms with van der Waals surface area (Å²) in [5, 5.41) is 0. The Bertz CT molecular complexity index is 448. The van der Waals surface area contributed by atoms with Gasteiger partial charge in [0.2, 0.25) is 0 Å². The third-order valence-electron chi connectivity index (χ3n) is 3.60. The third-order valence-corrected chi connectivity index (χ3v) is 3.60. The van der Waals surface area contributed by atoms with E-state index in [1.54, 1.807) is 7.11 Å². The summed E-state index contributed by atoms with van der Waals surface area (Å²) in [6, 6.07) is 3.87. The van der Waals surface area contributed by atoms with Crippen LogP contribution < -0.4 is 10.5 Å². The van der Waals surface area contributed by atoms with Gasteiger partial charge in [-0.15, -0.1) is 0 Å². The highest BCUT2D eigenvalue weighted by molar-refractivity contribution is 6.06. The molecular weight excluding hydrogens is 226 g/mol. The van der Waals surface area contributed by atoms with Crippen molar-refractivity contribution in [1.29, 1.82) is 0 Å². The van der Waals surface area contributed by atoms with Crippen molar-refractivity contribution in [2.75, 3.05) is 7.11 Å². The largest absolute Gasteiger partial charge is 0.496 e. The van der Waals surface area contributed by atoms with E-state index in [9.17, 15) is 4.79 Å². The summed E-state index contributed by atoms with van der Waals surface area (Å²) in [6.45, 7) is 7.79. The van der Waals surface area contributed by atoms with E-state index in [0.717, 1.165) is 11.1 Å². The van der Waals surface area contributed by atoms with Gasteiger partial charge < -0.3 is 10.5 Å². The molecule has 2 N–H and O–H groups in total. The summed E-state index contributed by atoms with van der Waals surface area (Å²) in [5.74, 6) is 0.594. The molecule has 0 spiro atoms. The van der Waals surface area contributed by atoms with Crippen molar-refractivity contribution >= 4 is 5.78 Å². The van der Waals surface area contributed by atoms with Gasteiger partial charge in [-0.1, -0.05) is 19.9 Å². The van der Waals surface area contributed by atoms with Gasteiger partial charge in [0.15, 0.2) is 5.78 Å². The third kappa shape index (κ3) is 2.56. The highest BCUT2D eigenvalue weighted by Gasteiger charge is 2.33. The second-order valence-electron chi connectivity index (χ2n) is 4.85. The zero-order valence-electron chi connectivity index (χ0n) is 12.0. The Morgan fingerprint density at radius 3 is 2.28 bits per heavy atom. The van der Waals surface area contributed by atoms with Crippen molar-refractivity contribution < 1.29 is 9.53 Å². The normalized spacial score (nSPS) is 11.4. The summed E-state index contributed by atoms with van der Waals surface area (Å²) >= 11 is 0. The first-order valence-electron chi connectivity index (χ1n) is 6.38. The van der Waals surface area contributed by atoms with Crippen molar-refractivity contribution in [3.05, 3.63) is 28.8 Å². The molecular formula is C15H23NO2. The van der Waals surface area contributed by atoms with Crippen LogP contribution in [0.5, 0.6) is 5.75 Å². The number of carbonyl (C=O) groups excluding carboxylic acids is 1. The van der Waals surface area contributed by atoms with Gasteiger partial charge in [0, 0.05) is 0 Å². The average molecular weight is 249 g/mol. The molecule has 1 aromatic rings. The number of nitrogens with two attached hydrogens (primary N) is 1. The lowest BCUT2D eigenvalue weighted by molar-refractivity contribution is 0.0875. The van der Waals surface area contributed by atoms with Crippen LogP contribution in [-0.4, -0.2) is 18.4 Å². The van der Waals surface area contributed by atoms with Gasteiger partial charge in [-0.05, 0) is 43.9 Å². The van der Waals surface area contributed by atoms with Crippen LogP contribution in [0.1, 0.15) is 48.2 Å². The number of methoxy groups -OCH3 is 1. The molecule has 0 aromatic heterocycles. The van der Waals surface area contributed by atoms with Crippen LogP contribution in [0, 0.1) is 13.8 Å². The number of hydrogen-bond acceptors (Lipinski definition) is 3. The molecule has 0 bridgehead atoms. The van der Waals surface area contributed by atoms with Crippen molar-refractivity contribution in [2.24, 2.45) is 5.73 Å². The van der Waals surface area contributed by atoms with Gasteiger partial charge in [-0.25, -0.2) is 0 Å². The fourth-order valence-corrected chi connectivity index (χ4v) is 2.20. The van der Waals surface area contributed by atoms with Gasteiger partial charge in [0.05, 0.1) is 18.2 Å². The molecule has 0 atom stereocenters. The fraction of sp³-hybridized carbons (Fsp3) is 0.533. The number of Topliss-reactive ketones (excluding diaryl/α,β-unsaturated/α-hetero) is 1. The smallest absolute Gasteiger partial charge is 0.186 e. The van der Waals surface area contributed by atoms with Crippen LogP contribution in [-0.2, 0) is 0 Å². The molecule has 0 aliphatic carbocycles. The van der Waals surface area contributed by atoms with Gasteiger partial charge in [0.1, 0.15) is 5.75 Å². The number of rotatable bonds is 5. The first-order valence-corrected chi connectivity index (χ1v) is 6.38. The Morgan fingerprint density at radius 2 is 1.83 bits per heavy atom. The molecule has 0 radical (unpaired) electrons. The van der Waals surface area contributed by atoms with E-state index < -0.39 is 5.54 Å². The SMILES string of the molecule is CCC(N)(CC)C(=O)c1c(C)cc(C)cc1OC. The Labute approximate surface area is 109 Å². The molecule has 0 fully saturated rings. The molecule has 0 aliphatic heterocycles. The second kappa shape index (κ2) is 5.53. The Balaban J connectivity index is 3.37. The molecule has 0 aliphatic rings. The molecule has 0 saturated carbocycles. The van der Waals surface area contributed by atoms with Gasteiger partial charge in [-0.2, -0.15) is 0 Å². The second-order valence-corrected chi connectivity index (χ2v) is 4.85. The van der Waals surface area contributed by atoms with E-state index in [-0.39, 0.29) is 5.78 Å². The van der Waals surface area contributed by atoms with Crippen LogP contribution in [0.25, 0.3) is 0 Å². The number of ether oxygens (including phenoxy) is 1. The first-order chi connectivity index (χ1) is 8.39. The Hall–Kier alpha value is -1.35. The zero-order valence-corrected chi connectivity index (χ0v) is 12.0. The average Bonchev–Trinajstić information content (AvgIpc) is 2.36. The maximum absolute atomic E-state index is 12.6. The van der Waals surface area contributed by atoms with Crippen LogP contribution >= 0.6 is 0 Å². The van der Waals surface area contributed by atoms with Crippen molar-refractivity contribution in [1.82, 2.24) is 0 Å².